The zero-order valence-corrected chi connectivity index (χ0v) is 7.81. The summed E-state index contributed by atoms with van der Waals surface area (Å²) < 4.78 is 0. The van der Waals surface area contributed by atoms with Crippen LogP contribution >= 0.6 is 11.3 Å². The van der Waals surface area contributed by atoms with E-state index in [1.165, 1.54) is 11.3 Å². The number of rotatable bonds is 2. The molecule has 0 fully saturated rings. The number of amides is 1. The average Bonchev–Trinajstić information content (AvgIpc) is 2.30. The third-order valence-corrected chi connectivity index (χ3v) is 2.96. The van der Waals surface area contributed by atoms with Crippen molar-refractivity contribution in [3.8, 4) is 5.75 Å². The van der Waals surface area contributed by atoms with Gasteiger partial charge in [0.1, 0.15) is 10.6 Å². The number of hydrogen-bond acceptors (Lipinski definition) is 3. The summed E-state index contributed by atoms with van der Waals surface area (Å²) in [6, 6.07) is 1.59. The highest BCUT2D eigenvalue weighted by molar-refractivity contribution is 7.14. The third kappa shape index (κ3) is 1.58. The Bertz CT molecular complexity index is 304. The lowest BCUT2D eigenvalue weighted by Gasteiger charge is -1.96. The molecule has 1 aromatic heterocycles. The number of aromatic hydroxyl groups is 1. The Labute approximate surface area is 74.8 Å². The highest BCUT2D eigenvalue weighted by Gasteiger charge is 2.14. The molecule has 0 bridgehead atoms. The van der Waals surface area contributed by atoms with Crippen LogP contribution in [-0.4, -0.2) is 11.0 Å². The molecule has 1 heterocycles. The molecule has 0 atom stereocenters. The minimum Gasteiger partial charge on any atom is -0.506 e. The first-order valence-electron chi connectivity index (χ1n) is 3.65. The average molecular weight is 185 g/mol. The van der Waals surface area contributed by atoms with Crippen molar-refractivity contribution in [2.24, 2.45) is 5.73 Å². The lowest BCUT2D eigenvalue weighted by molar-refractivity contribution is 0.100. The Balaban J connectivity index is 3.09. The van der Waals surface area contributed by atoms with Gasteiger partial charge in [-0.2, -0.15) is 0 Å². The molecule has 0 saturated heterocycles. The van der Waals surface area contributed by atoms with E-state index in [0.29, 0.717) is 5.92 Å². The van der Waals surface area contributed by atoms with Crippen LogP contribution in [0.2, 0.25) is 0 Å². The van der Waals surface area contributed by atoms with E-state index in [9.17, 15) is 9.90 Å². The van der Waals surface area contributed by atoms with Crippen molar-refractivity contribution in [1.82, 2.24) is 0 Å². The van der Waals surface area contributed by atoms with Crippen LogP contribution < -0.4 is 5.73 Å². The molecular weight excluding hydrogens is 174 g/mol. The predicted octanol–water partition coefficient (Wildman–Crippen LogP) is 1.68. The lowest BCUT2D eigenvalue weighted by Crippen LogP contribution is -2.08. The second-order valence-corrected chi connectivity index (χ2v) is 3.97. The molecule has 3 nitrogen and oxygen atoms in total. The van der Waals surface area contributed by atoms with E-state index in [4.69, 9.17) is 5.73 Å². The summed E-state index contributed by atoms with van der Waals surface area (Å²) in [6.45, 7) is 3.99. The van der Waals surface area contributed by atoms with Crippen LogP contribution in [0.3, 0.4) is 0 Å². The molecule has 4 heteroatoms. The Morgan fingerprint density at radius 3 is 2.50 bits per heavy atom. The molecule has 66 valence electrons. The standard InChI is InChI=1S/C8H11NO2S/c1-4(2)6-3-5(10)7(12-6)8(9)11/h3-4,10H,1-2H3,(H2,9,11). The lowest BCUT2D eigenvalue weighted by atomic mass is 10.2. The van der Waals surface area contributed by atoms with Crippen molar-refractivity contribution < 1.29 is 9.90 Å². The monoisotopic (exact) mass is 185 g/mol. The van der Waals surface area contributed by atoms with Gasteiger partial charge in [0.25, 0.3) is 5.91 Å². The zero-order chi connectivity index (χ0) is 9.30. The molecule has 0 aromatic carbocycles. The predicted molar refractivity (Wildman–Crippen MR) is 48.6 cm³/mol. The smallest absolute Gasteiger partial charge is 0.262 e. The van der Waals surface area contributed by atoms with E-state index in [1.54, 1.807) is 6.07 Å². The maximum absolute atomic E-state index is 10.7. The van der Waals surface area contributed by atoms with Gasteiger partial charge in [0, 0.05) is 4.88 Å². The molecule has 1 aromatic rings. The molecule has 12 heavy (non-hydrogen) atoms. The molecule has 0 aliphatic rings. The fraction of sp³-hybridized carbons (Fsp3) is 0.375. The molecule has 0 unspecified atom stereocenters. The van der Waals surface area contributed by atoms with Crippen LogP contribution in [-0.2, 0) is 0 Å². The highest BCUT2D eigenvalue weighted by atomic mass is 32.1. The maximum Gasteiger partial charge on any atom is 0.262 e. The summed E-state index contributed by atoms with van der Waals surface area (Å²) in [5.41, 5.74) is 5.04. The largest absolute Gasteiger partial charge is 0.506 e. The first-order valence-corrected chi connectivity index (χ1v) is 4.46. The van der Waals surface area contributed by atoms with Gasteiger partial charge in [-0.1, -0.05) is 13.8 Å². The van der Waals surface area contributed by atoms with Crippen molar-refractivity contribution in [1.29, 1.82) is 0 Å². The van der Waals surface area contributed by atoms with Gasteiger partial charge in [0.2, 0.25) is 0 Å². The van der Waals surface area contributed by atoms with E-state index in [2.05, 4.69) is 0 Å². The van der Waals surface area contributed by atoms with E-state index < -0.39 is 5.91 Å². The van der Waals surface area contributed by atoms with Crippen LogP contribution in [0.4, 0.5) is 0 Å². The first-order chi connectivity index (χ1) is 5.52. The van der Waals surface area contributed by atoms with Crippen LogP contribution in [0.15, 0.2) is 6.07 Å². The SMILES string of the molecule is CC(C)c1cc(O)c(C(N)=O)s1. The summed E-state index contributed by atoms with van der Waals surface area (Å²) in [5.74, 6) is -0.255. The van der Waals surface area contributed by atoms with Crippen molar-refractivity contribution in [3.63, 3.8) is 0 Å². The maximum atomic E-state index is 10.7. The molecule has 0 spiro atoms. The fourth-order valence-electron chi connectivity index (χ4n) is 0.861. The molecule has 0 aliphatic carbocycles. The summed E-state index contributed by atoms with van der Waals surface area (Å²) in [5, 5.41) is 9.26. The normalized spacial score (nSPS) is 10.6. The van der Waals surface area contributed by atoms with Gasteiger partial charge < -0.3 is 10.8 Å². The summed E-state index contributed by atoms with van der Waals surface area (Å²) >= 11 is 1.25. The molecule has 1 rings (SSSR count). The number of nitrogens with two attached hydrogens (primary N) is 1. The van der Waals surface area contributed by atoms with Gasteiger partial charge in [-0.25, -0.2) is 0 Å². The molecular formula is C8H11NO2S. The van der Waals surface area contributed by atoms with Crippen LogP contribution in [0.25, 0.3) is 0 Å². The van der Waals surface area contributed by atoms with Gasteiger partial charge >= 0.3 is 0 Å². The van der Waals surface area contributed by atoms with E-state index in [-0.39, 0.29) is 10.6 Å². The Kier molecular flexibility index (Phi) is 2.38. The Morgan fingerprint density at radius 1 is 1.67 bits per heavy atom. The van der Waals surface area contributed by atoms with E-state index >= 15 is 0 Å². The van der Waals surface area contributed by atoms with Crippen LogP contribution in [0, 0.1) is 0 Å². The topological polar surface area (TPSA) is 63.3 Å². The van der Waals surface area contributed by atoms with Crippen molar-refractivity contribution >= 4 is 17.2 Å². The summed E-state index contributed by atoms with van der Waals surface area (Å²) in [6.07, 6.45) is 0. The van der Waals surface area contributed by atoms with Crippen molar-refractivity contribution in [3.05, 3.63) is 15.8 Å². The van der Waals surface area contributed by atoms with Gasteiger partial charge in [0.05, 0.1) is 0 Å². The van der Waals surface area contributed by atoms with Crippen LogP contribution in [0.5, 0.6) is 5.75 Å². The second kappa shape index (κ2) is 3.15. The van der Waals surface area contributed by atoms with Crippen LogP contribution in [0.1, 0.15) is 34.3 Å². The number of carbonyl (C=O) groups is 1. The van der Waals surface area contributed by atoms with Crippen molar-refractivity contribution in [2.75, 3.05) is 0 Å². The van der Waals surface area contributed by atoms with Gasteiger partial charge in [0.15, 0.2) is 0 Å². The van der Waals surface area contributed by atoms with Crippen molar-refractivity contribution in [2.45, 2.75) is 19.8 Å². The molecule has 1 amide bonds. The minimum atomic E-state index is -0.565. The minimum absolute atomic E-state index is 0.00352. The number of carbonyl (C=O) groups excluding carboxylic acids is 1. The molecule has 0 saturated carbocycles. The molecule has 3 N–H and O–H groups in total. The van der Waals surface area contributed by atoms with E-state index in [1.807, 2.05) is 13.8 Å². The highest BCUT2D eigenvalue weighted by Crippen LogP contribution is 2.32. The third-order valence-electron chi connectivity index (χ3n) is 1.52. The summed E-state index contributed by atoms with van der Waals surface area (Å²) in [7, 11) is 0. The van der Waals surface area contributed by atoms with E-state index in [0.717, 1.165) is 4.88 Å². The first kappa shape index (κ1) is 9.06. The number of thiophene rings is 1. The summed E-state index contributed by atoms with van der Waals surface area (Å²) in [4.78, 5) is 12.0. The Hall–Kier alpha value is -1.03. The molecule has 0 radical (unpaired) electrons. The van der Waals surface area contributed by atoms with Gasteiger partial charge in [-0.05, 0) is 12.0 Å². The number of primary amides is 1. The zero-order valence-electron chi connectivity index (χ0n) is 7.00. The quantitative estimate of drug-likeness (QED) is 0.736. The fourth-order valence-corrected chi connectivity index (χ4v) is 1.77. The Morgan fingerprint density at radius 2 is 2.25 bits per heavy atom. The number of hydrogen-bond donors (Lipinski definition) is 2. The molecule has 0 aliphatic heterocycles. The second-order valence-electron chi connectivity index (χ2n) is 2.88. The van der Waals surface area contributed by atoms with Gasteiger partial charge in [-0.3, -0.25) is 4.79 Å². The van der Waals surface area contributed by atoms with Gasteiger partial charge in [-0.15, -0.1) is 11.3 Å².